The largest absolute Gasteiger partial charge is 0.378 e. The maximum Gasteiger partial charge on any atom is 0.270 e. The second-order valence-electron chi connectivity index (χ2n) is 5.82. The molecule has 0 radical (unpaired) electrons. The molecule has 2 aliphatic rings. The maximum atomic E-state index is 12.2. The first-order valence-corrected chi connectivity index (χ1v) is 7.07. The molecule has 1 aliphatic carbocycles. The molecule has 8 nitrogen and oxygen atoms in total. The van der Waals surface area contributed by atoms with Gasteiger partial charge >= 0.3 is 0 Å². The minimum Gasteiger partial charge on any atom is -0.378 e. The number of hydrogen-bond donors (Lipinski definition) is 1. The SMILES string of the molecule is COC1(CC(=O)N2CC(n3cc(C(N)=O)nn3)C2)CCC1. The molecule has 2 N–H and O–H groups in total. The lowest BCUT2D eigenvalue weighted by Crippen LogP contribution is -2.54. The van der Waals surface area contributed by atoms with E-state index in [1.807, 2.05) is 0 Å². The average Bonchev–Trinajstić information content (AvgIpc) is 2.81. The molecule has 0 unspecified atom stereocenters. The van der Waals surface area contributed by atoms with Gasteiger partial charge in [0.25, 0.3) is 5.91 Å². The Morgan fingerprint density at radius 2 is 2.19 bits per heavy atom. The molecule has 2 heterocycles. The van der Waals surface area contributed by atoms with E-state index in [0.29, 0.717) is 19.5 Å². The molecule has 21 heavy (non-hydrogen) atoms. The third kappa shape index (κ3) is 2.51. The first kappa shape index (κ1) is 14.0. The van der Waals surface area contributed by atoms with Crippen LogP contribution in [0.2, 0.25) is 0 Å². The topological polar surface area (TPSA) is 103 Å². The van der Waals surface area contributed by atoms with Crippen molar-refractivity contribution in [2.75, 3.05) is 20.2 Å². The lowest BCUT2D eigenvalue weighted by Gasteiger charge is -2.44. The Bertz CT molecular complexity index is 554. The molecule has 1 aromatic rings. The van der Waals surface area contributed by atoms with E-state index in [1.54, 1.807) is 16.7 Å². The quantitative estimate of drug-likeness (QED) is 0.804. The molecule has 0 aromatic carbocycles. The fourth-order valence-corrected chi connectivity index (χ4v) is 2.81. The van der Waals surface area contributed by atoms with E-state index in [1.165, 1.54) is 6.20 Å². The number of amides is 2. The van der Waals surface area contributed by atoms with Gasteiger partial charge in [0.2, 0.25) is 5.91 Å². The standard InChI is InChI=1S/C13H19N5O3/c1-21-13(3-2-4-13)5-11(19)17-6-9(7-17)18-8-10(12(14)20)15-16-18/h8-9H,2-7H2,1H3,(H2,14,20). The van der Waals surface area contributed by atoms with E-state index >= 15 is 0 Å². The van der Waals surface area contributed by atoms with Gasteiger partial charge in [-0.25, -0.2) is 4.68 Å². The van der Waals surface area contributed by atoms with Crippen LogP contribution in [0.4, 0.5) is 0 Å². The first-order chi connectivity index (χ1) is 10.0. The van der Waals surface area contributed by atoms with Crippen LogP contribution >= 0.6 is 0 Å². The fraction of sp³-hybridized carbons (Fsp3) is 0.692. The summed E-state index contributed by atoms with van der Waals surface area (Å²) < 4.78 is 7.07. The maximum absolute atomic E-state index is 12.2. The summed E-state index contributed by atoms with van der Waals surface area (Å²) in [5.41, 5.74) is 5.04. The van der Waals surface area contributed by atoms with Crippen molar-refractivity contribution < 1.29 is 14.3 Å². The predicted molar refractivity (Wildman–Crippen MR) is 72.4 cm³/mol. The van der Waals surface area contributed by atoms with Gasteiger partial charge in [0.05, 0.1) is 24.3 Å². The number of methoxy groups -OCH3 is 1. The van der Waals surface area contributed by atoms with Crippen LogP contribution in [-0.4, -0.2) is 57.5 Å². The van der Waals surface area contributed by atoms with Crippen molar-refractivity contribution in [1.29, 1.82) is 0 Å². The summed E-state index contributed by atoms with van der Waals surface area (Å²) in [6.45, 7) is 1.17. The summed E-state index contributed by atoms with van der Waals surface area (Å²) in [5.74, 6) is -0.483. The number of hydrogen-bond acceptors (Lipinski definition) is 5. The molecular weight excluding hydrogens is 274 g/mol. The van der Waals surface area contributed by atoms with Crippen molar-refractivity contribution in [2.45, 2.75) is 37.3 Å². The van der Waals surface area contributed by atoms with Crippen molar-refractivity contribution in [3.05, 3.63) is 11.9 Å². The number of carbonyl (C=O) groups is 2. The van der Waals surface area contributed by atoms with Gasteiger partial charge < -0.3 is 15.4 Å². The number of nitrogens with zero attached hydrogens (tertiary/aromatic N) is 4. The van der Waals surface area contributed by atoms with Crippen LogP contribution in [0.5, 0.6) is 0 Å². The van der Waals surface area contributed by atoms with Gasteiger partial charge in [-0.15, -0.1) is 5.10 Å². The minimum absolute atomic E-state index is 0.0643. The van der Waals surface area contributed by atoms with E-state index in [2.05, 4.69) is 10.3 Å². The van der Waals surface area contributed by atoms with Gasteiger partial charge in [-0.2, -0.15) is 0 Å². The van der Waals surface area contributed by atoms with E-state index in [0.717, 1.165) is 19.3 Å². The van der Waals surface area contributed by atoms with Crippen LogP contribution in [-0.2, 0) is 9.53 Å². The highest BCUT2D eigenvalue weighted by Crippen LogP contribution is 2.39. The molecule has 8 heteroatoms. The third-order valence-electron chi connectivity index (χ3n) is 4.52. The zero-order valence-corrected chi connectivity index (χ0v) is 12.0. The van der Waals surface area contributed by atoms with Crippen molar-refractivity contribution in [2.24, 2.45) is 5.73 Å². The molecule has 2 fully saturated rings. The Labute approximate surface area is 122 Å². The molecule has 1 saturated carbocycles. The molecule has 0 bridgehead atoms. The second-order valence-corrected chi connectivity index (χ2v) is 5.82. The molecule has 1 aliphatic heterocycles. The Balaban J connectivity index is 1.53. The summed E-state index contributed by atoms with van der Waals surface area (Å²) in [6.07, 6.45) is 5.01. The number of rotatable bonds is 5. The Kier molecular flexibility index (Phi) is 3.40. The number of ether oxygens (including phenoxy) is 1. The lowest BCUT2D eigenvalue weighted by molar-refractivity contribution is -0.149. The number of likely N-dealkylation sites (tertiary alicyclic amines) is 1. The fourth-order valence-electron chi connectivity index (χ4n) is 2.81. The summed E-state index contributed by atoms with van der Waals surface area (Å²) >= 11 is 0. The number of primary amides is 1. The zero-order valence-electron chi connectivity index (χ0n) is 12.0. The van der Waals surface area contributed by atoms with Crippen LogP contribution in [0, 0.1) is 0 Å². The summed E-state index contributed by atoms with van der Waals surface area (Å²) in [5, 5.41) is 7.57. The van der Waals surface area contributed by atoms with Crippen LogP contribution in [0.25, 0.3) is 0 Å². The molecule has 3 rings (SSSR count). The minimum atomic E-state index is -0.597. The van der Waals surface area contributed by atoms with E-state index in [4.69, 9.17) is 10.5 Å². The molecule has 0 spiro atoms. The van der Waals surface area contributed by atoms with Gasteiger partial charge in [0.1, 0.15) is 0 Å². The first-order valence-electron chi connectivity index (χ1n) is 7.07. The van der Waals surface area contributed by atoms with Crippen LogP contribution in [0.15, 0.2) is 6.20 Å². The van der Waals surface area contributed by atoms with E-state index in [-0.39, 0.29) is 23.2 Å². The van der Waals surface area contributed by atoms with E-state index in [9.17, 15) is 9.59 Å². The summed E-state index contributed by atoms with van der Waals surface area (Å²) in [4.78, 5) is 25.0. The molecular formula is C13H19N5O3. The second kappa shape index (κ2) is 5.10. The smallest absolute Gasteiger partial charge is 0.270 e. The van der Waals surface area contributed by atoms with Gasteiger partial charge in [0, 0.05) is 20.2 Å². The molecule has 0 atom stereocenters. The monoisotopic (exact) mass is 293 g/mol. The molecule has 1 aromatic heterocycles. The van der Waals surface area contributed by atoms with E-state index < -0.39 is 5.91 Å². The highest BCUT2D eigenvalue weighted by atomic mass is 16.5. The average molecular weight is 293 g/mol. The van der Waals surface area contributed by atoms with Gasteiger partial charge in [0.15, 0.2) is 5.69 Å². The van der Waals surface area contributed by atoms with Crippen LogP contribution < -0.4 is 5.73 Å². The highest BCUT2D eigenvalue weighted by Gasteiger charge is 2.42. The van der Waals surface area contributed by atoms with Crippen molar-refractivity contribution in [3.8, 4) is 0 Å². The van der Waals surface area contributed by atoms with Gasteiger partial charge in [-0.1, -0.05) is 5.21 Å². The predicted octanol–water partition coefficient (Wildman–Crippen LogP) is -0.280. The molecule has 1 saturated heterocycles. The van der Waals surface area contributed by atoms with Gasteiger partial charge in [-0.3, -0.25) is 9.59 Å². The van der Waals surface area contributed by atoms with Crippen LogP contribution in [0.3, 0.4) is 0 Å². The third-order valence-corrected chi connectivity index (χ3v) is 4.52. The zero-order chi connectivity index (χ0) is 15.0. The number of nitrogens with two attached hydrogens (primary N) is 1. The van der Waals surface area contributed by atoms with Crippen LogP contribution in [0.1, 0.15) is 42.2 Å². The van der Waals surface area contributed by atoms with Crippen molar-refractivity contribution in [3.63, 3.8) is 0 Å². The Morgan fingerprint density at radius 1 is 1.48 bits per heavy atom. The van der Waals surface area contributed by atoms with Crippen molar-refractivity contribution >= 4 is 11.8 Å². The lowest BCUT2D eigenvalue weighted by atomic mass is 9.77. The normalized spacial score (nSPS) is 20.7. The summed E-state index contributed by atoms with van der Waals surface area (Å²) in [6, 6.07) is 0.0643. The Morgan fingerprint density at radius 3 is 2.67 bits per heavy atom. The van der Waals surface area contributed by atoms with Crippen molar-refractivity contribution in [1.82, 2.24) is 19.9 Å². The molecule has 114 valence electrons. The number of carbonyl (C=O) groups excluding carboxylic acids is 2. The Hall–Kier alpha value is -1.96. The summed E-state index contributed by atoms with van der Waals surface area (Å²) in [7, 11) is 1.67. The van der Waals surface area contributed by atoms with Gasteiger partial charge in [-0.05, 0) is 19.3 Å². The number of aromatic nitrogens is 3. The highest BCUT2D eigenvalue weighted by molar-refractivity contribution is 5.90. The molecule has 2 amide bonds.